The molecule has 0 aliphatic carbocycles. The van der Waals surface area contributed by atoms with Crippen molar-refractivity contribution in [1.29, 1.82) is 0 Å². The van der Waals surface area contributed by atoms with Crippen LogP contribution in [0.1, 0.15) is 11.1 Å². The molecule has 0 spiro atoms. The fraction of sp³-hybridized carbons (Fsp3) is 0.200. The lowest BCUT2D eigenvalue weighted by Crippen LogP contribution is -2.03. The number of rotatable bonds is 4. The third kappa shape index (κ3) is 6.40. The second-order valence-corrected chi connectivity index (χ2v) is 6.76. The molecule has 0 unspecified atom stereocenters. The van der Waals surface area contributed by atoms with Crippen molar-refractivity contribution in [3.8, 4) is 11.5 Å². The molecule has 146 valence electrons. The van der Waals surface area contributed by atoms with Crippen LogP contribution in [0.25, 0.3) is 0 Å². The van der Waals surface area contributed by atoms with Crippen LogP contribution >= 0.6 is 31.9 Å². The normalized spacial score (nSPS) is 10.2. The number of phenolic OH excluding ortho intramolecular Hbond substituents is 1. The molecule has 2 aromatic carbocycles. The van der Waals surface area contributed by atoms with Gasteiger partial charge in [0, 0.05) is 23.3 Å². The number of nitro groups is 2. The fourth-order valence-electron chi connectivity index (χ4n) is 1.88. The summed E-state index contributed by atoms with van der Waals surface area (Å²) in [6.45, 7) is 0.0647. The SMILES string of the molecule is Cc1cc(O)c(Br)cc1[N+](=O)[O-].Cc1cc(OC(F)F)c(Br)cc1[N+](=O)[O-]. The molecule has 0 aliphatic heterocycles. The van der Waals surface area contributed by atoms with Gasteiger partial charge < -0.3 is 9.84 Å². The van der Waals surface area contributed by atoms with E-state index in [1.165, 1.54) is 25.1 Å². The van der Waals surface area contributed by atoms with Crippen LogP contribution in [0.15, 0.2) is 33.2 Å². The number of ether oxygens (including phenoxy) is 1. The van der Waals surface area contributed by atoms with Crippen LogP contribution in [0.5, 0.6) is 11.5 Å². The summed E-state index contributed by atoms with van der Waals surface area (Å²) in [4.78, 5) is 19.8. The van der Waals surface area contributed by atoms with Gasteiger partial charge in [0.25, 0.3) is 11.4 Å². The van der Waals surface area contributed by atoms with Gasteiger partial charge in [0.05, 0.1) is 18.8 Å². The quantitative estimate of drug-likeness (QED) is 0.418. The molecule has 0 amide bonds. The summed E-state index contributed by atoms with van der Waals surface area (Å²) in [5.41, 5.74) is 0.558. The van der Waals surface area contributed by atoms with Crippen molar-refractivity contribution in [2.45, 2.75) is 20.5 Å². The lowest BCUT2D eigenvalue weighted by molar-refractivity contribution is -0.385. The highest BCUT2D eigenvalue weighted by Crippen LogP contribution is 2.33. The molecule has 0 fully saturated rings. The minimum Gasteiger partial charge on any atom is -0.507 e. The number of phenols is 1. The molecular weight excluding hydrogens is 502 g/mol. The first-order valence-corrected chi connectivity index (χ1v) is 8.55. The van der Waals surface area contributed by atoms with Gasteiger partial charge in [-0.05, 0) is 57.8 Å². The van der Waals surface area contributed by atoms with Gasteiger partial charge in [-0.25, -0.2) is 0 Å². The first-order valence-electron chi connectivity index (χ1n) is 6.96. The standard InChI is InChI=1S/C8H6BrF2NO3.C7H6BrNO3/c1-4-2-7(15-8(10)11)5(9)3-6(4)12(13)14;1-4-2-7(10)5(8)3-6(4)9(11)12/h2-3,8H,1H3;2-3,10H,1H3. The Hall–Kier alpha value is -2.34. The van der Waals surface area contributed by atoms with Gasteiger partial charge in [-0.2, -0.15) is 8.78 Å². The molecule has 0 heterocycles. The van der Waals surface area contributed by atoms with Gasteiger partial charge in [0.15, 0.2) is 0 Å². The van der Waals surface area contributed by atoms with E-state index in [0.29, 0.717) is 10.0 Å². The zero-order valence-electron chi connectivity index (χ0n) is 13.8. The summed E-state index contributed by atoms with van der Waals surface area (Å²) >= 11 is 5.91. The summed E-state index contributed by atoms with van der Waals surface area (Å²) < 4.78 is 28.4. The summed E-state index contributed by atoms with van der Waals surface area (Å²) in [5, 5.41) is 30.0. The Morgan fingerprint density at radius 1 is 0.963 bits per heavy atom. The summed E-state index contributed by atoms with van der Waals surface area (Å²) in [7, 11) is 0. The third-order valence-electron chi connectivity index (χ3n) is 3.13. The second-order valence-electron chi connectivity index (χ2n) is 5.05. The van der Waals surface area contributed by atoms with Crippen LogP contribution in [0, 0.1) is 34.1 Å². The molecule has 2 aromatic rings. The Kier molecular flexibility index (Phi) is 8.03. The van der Waals surface area contributed by atoms with Crippen LogP contribution in [0.4, 0.5) is 20.2 Å². The number of aryl methyl sites for hydroxylation is 2. The second kappa shape index (κ2) is 9.55. The Balaban J connectivity index is 0.000000277. The minimum absolute atomic E-state index is 0.000301. The van der Waals surface area contributed by atoms with Gasteiger partial charge in [0.1, 0.15) is 11.5 Å². The van der Waals surface area contributed by atoms with Gasteiger partial charge in [-0.1, -0.05) is 0 Å². The lowest BCUT2D eigenvalue weighted by Gasteiger charge is -2.07. The van der Waals surface area contributed by atoms with Crippen molar-refractivity contribution in [3.63, 3.8) is 0 Å². The molecule has 8 nitrogen and oxygen atoms in total. The molecule has 0 aliphatic rings. The zero-order valence-corrected chi connectivity index (χ0v) is 17.0. The molecule has 2 rings (SSSR count). The van der Waals surface area contributed by atoms with E-state index in [-0.39, 0.29) is 32.9 Å². The van der Waals surface area contributed by atoms with Gasteiger partial charge >= 0.3 is 6.61 Å². The number of nitrogens with zero attached hydrogens (tertiary/aromatic N) is 2. The highest BCUT2D eigenvalue weighted by atomic mass is 79.9. The topological polar surface area (TPSA) is 116 Å². The van der Waals surface area contributed by atoms with E-state index < -0.39 is 16.5 Å². The van der Waals surface area contributed by atoms with Crippen molar-refractivity contribution < 1.29 is 28.5 Å². The smallest absolute Gasteiger partial charge is 0.387 e. The third-order valence-corrected chi connectivity index (χ3v) is 4.38. The molecule has 0 saturated heterocycles. The van der Waals surface area contributed by atoms with E-state index in [4.69, 9.17) is 5.11 Å². The fourth-order valence-corrected chi connectivity index (χ4v) is 2.64. The Morgan fingerprint density at radius 2 is 1.41 bits per heavy atom. The highest BCUT2D eigenvalue weighted by molar-refractivity contribution is 9.10. The lowest BCUT2D eigenvalue weighted by atomic mass is 10.2. The molecule has 27 heavy (non-hydrogen) atoms. The largest absolute Gasteiger partial charge is 0.507 e. The number of halogens is 4. The molecule has 1 N–H and O–H groups in total. The van der Waals surface area contributed by atoms with Crippen molar-refractivity contribution in [2.24, 2.45) is 0 Å². The molecule has 0 atom stereocenters. The molecule has 0 bridgehead atoms. The predicted octanol–water partition coefficient (Wildman–Crippen LogP) is 5.64. The van der Waals surface area contributed by atoms with Crippen LogP contribution in [-0.4, -0.2) is 21.6 Å². The number of benzene rings is 2. The van der Waals surface area contributed by atoms with E-state index in [1.54, 1.807) is 6.92 Å². The van der Waals surface area contributed by atoms with E-state index in [1.807, 2.05) is 0 Å². The van der Waals surface area contributed by atoms with E-state index in [9.17, 15) is 29.0 Å². The first kappa shape index (κ1) is 22.7. The van der Waals surface area contributed by atoms with E-state index >= 15 is 0 Å². The molecule has 0 aromatic heterocycles. The van der Waals surface area contributed by atoms with Crippen molar-refractivity contribution in [2.75, 3.05) is 0 Å². The van der Waals surface area contributed by atoms with Crippen molar-refractivity contribution >= 4 is 43.2 Å². The maximum atomic E-state index is 11.9. The van der Waals surface area contributed by atoms with E-state index in [2.05, 4.69) is 36.6 Å². The molecule has 0 radical (unpaired) electrons. The predicted molar refractivity (Wildman–Crippen MR) is 99.4 cm³/mol. The van der Waals surface area contributed by atoms with Crippen LogP contribution in [0.3, 0.4) is 0 Å². The van der Waals surface area contributed by atoms with Crippen LogP contribution in [0.2, 0.25) is 0 Å². The summed E-state index contributed by atoms with van der Waals surface area (Å²) in [6.07, 6.45) is 0. The van der Waals surface area contributed by atoms with Crippen LogP contribution in [-0.2, 0) is 0 Å². The summed E-state index contributed by atoms with van der Waals surface area (Å²) in [5.74, 6) is -0.105. The number of nitro benzene ring substituents is 2. The van der Waals surface area contributed by atoms with Crippen LogP contribution < -0.4 is 4.74 Å². The summed E-state index contributed by atoms with van der Waals surface area (Å²) in [6, 6.07) is 4.95. The van der Waals surface area contributed by atoms with E-state index in [0.717, 1.165) is 6.07 Å². The van der Waals surface area contributed by atoms with Crippen molar-refractivity contribution in [1.82, 2.24) is 0 Å². The van der Waals surface area contributed by atoms with Crippen molar-refractivity contribution in [3.05, 3.63) is 64.6 Å². The average molecular weight is 514 g/mol. The molecular formula is C15H12Br2F2N2O6. The van der Waals surface area contributed by atoms with Gasteiger partial charge in [0.2, 0.25) is 0 Å². The Bertz CT molecular complexity index is 880. The monoisotopic (exact) mass is 512 g/mol. The number of hydrogen-bond donors (Lipinski definition) is 1. The molecule has 0 saturated carbocycles. The zero-order chi connectivity index (χ0) is 20.9. The Labute approximate surface area is 168 Å². The number of alkyl halides is 2. The van der Waals surface area contributed by atoms with Gasteiger partial charge in [-0.15, -0.1) is 0 Å². The first-order chi connectivity index (χ1) is 12.4. The molecule has 12 heteroatoms. The Morgan fingerprint density at radius 3 is 1.85 bits per heavy atom. The van der Waals surface area contributed by atoms with Gasteiger partial charge in [-0.3, -0.25) is 20.2 Å². The maximum Gasteiger partial charge on any atom is 0.387 e. The number of hydrogen-bond acceptors (Lipinski definition) is 6. The number of aromatic hydroxyl groups is 1. The highest BCUT2D eigenvalue weighted by Gasteiger charge is 2.17. The maximum absolute atomic E-state index is 11.9. The minimum atomic E-state index is -2.96. The average Bonchev–Trinajstić information content (AvgIpc) is 2.53.